The van der Waals surface area contributed by atoms with Gasteiger partial charge in [0.05, 0.1) is 28.6 Å². The number of aromatic amines is 1. The number of thioether (sulfide) groups is 1. The summed E-state index contributed by atoms with van der Waals surface area (Å²) in [5, 5.41) is 4.55. The number of hydrogen-bond acceptors (Lipinski definition) is 5. The number of anilines is 2. The molecule has 1 fully saturated rings. The lowest BCUT2D eigenvalue weighted by Gasteiger charge is -2.13. The Morgan fingerprint density at radius 2 is 2.42 bits per heavy atom. The van der Waals surface area contributed by atoms with Crippen molar-refractivity contribution in [2.45, 2.75) is 18.1 Å². The summed E-state index contributed by atoms with van der Waals surface area (Å²) in [6.07, 6.45) is 3.96. The van der Waals surface area contributed by atoms with Crippen molar-refractivity contribution in [2.75, 3.05) is 23.3 Å². The number of H-pyrrole nitrogens is 1. The molecule has 1 unspecified atom stereocenters. The molecule has 2 heterocycles. The first kappa shape index (κ1) is 12.3. The number of nitrogens with one attached hydrogen (secondary N) is 2. The lowest BCUT2D eigenvalue weighted by atomic mass is 10.2. The van der Waals surface area contributed by atoms with Crippen molar-refractivity contribution in [3.05, 3.63) is 28.8 Å². The quantitative estimate of drug-likeness (QED) is 0.745. The first-order chi connectivity index (χ1) is 9.24. The summed E-state index contributed by atoms with van der Waals surface area (Å²) < 4.78 is 0. The molecule has 0 bridgehead atoms. The lowest BCUT2D eigenvalue weighted by molar-refractivity contribution is 0.806. The fourth-order valence-corrected chi connectivity index (χ4v) is 3.52. The summed E-state index contributed by atoms with van der Waals surface area (Å²) in [6.45, 7) is 0.906. The number of nitrogens with zero attached hydrogens (tertiary/aromatic N) is 1. The fraction of sp³-hybridized carbons (Fsp3) is 0.385. The van der Waals surface area contributed by atoms with Crippen LogP contribution >= 0.6 is 11.8 Å². The third-order valence-electron chi connectivity index (χ3n) is 3.36. The highest BCUT2D eigenvalue weighted by Gasteiger charge is 2.15. The molecule has 0 radical (unpaired) electrons. The van der Waals surface area contributed by atoms with Gasteiger partial charge >= 0.3 is 0 Å². The SMILES string of the molecule is Nc1cc2c(=O)[nH]cnc2cc1NCC1CCCS1. The average molecular weight is 276 g/mol. The van der Waals surface area contributed by atoms with E-state index in [1.54, 1.807) is 6.07 Å². The minimum atomic E-state index is -0.158. The molecule has 4 N–H and O–H groups in total. The maximum atomic E-state index is 11.6. The Morgan fingerprint density at radius 1 is 1.53 bits per heavy atom. The van der Waals surface area contributed by atoms with Crippen LogP contribution in [0.3, 0.4) is 0 Å². The van der Waals surface area contributed by atoms with E-state index in [0.29, 0.717) is 21.8 Å². The van der Waals surface area contributed by atoms with Gasteiger partial charge in [0.15, 0.2) is 0 Å². The van der Waals surface area contributed by atoms with Crippen molar-refractivity contribution < 1.29 is 0 Å². The summed E-state index contributed by atoms with van der Waals surface area (Å²) in [6, 6.07) is 3.53. The zero-order chi connectivity index (χ0) is 13.2. The number of hydrogen-bond donors (Lipinski definition) is 3. The summed E-state index contributed by atoms with van der Waals surface area (Å²) in [5.41, 5.74) is 7.95. The number of fused-ring (bicyclic) bond motifs is 1. The van der Waals surface area contributed by atoms with Crippen molar-refractivity contribution in [3.8, 4) is 0 Å². The maximum Gasteiger partial charge on any atom is 0.258 e. The Morgan fingerprint density at radius 3 is 3.21 bits per heavy atom. The molecule has 6 heteroatoms. The standard InChI is InChI=1S/C13H16N4OS/c14-10-4-9-11(16-7-17-13(9)18)5-12(10)15-6-8-2-1-3-19-8/h4-5,7-8,15H,1-3,6,14H2,(H,16,17,18). The van der Waals surface area contributed by atoms with Gasteiger partial charge in [-0.15, -0.1) is 0 Å². The average Bonchev–Trinajstić information content (AvgIpc) is 2.91. The number of nitrogens with two attached hydrogens (primary N) is 1. The molecule has 19 heavy (non-hydrogen) atoms. The molecular weight excluding hydrogens is 260 g/mol. The van der Waals surface area contributed by atoms with Gasteiger partial charge in [-0.25, -0.2) is 4.98 Å². The second-order valence-electron chi connectivity index (χ2n) is 4.70. The minimum absolute atomic E-state index is 0.158. The lowest BCUT2D eigenvalue weighted by Crippen LogP contribution is -2.15. The van der Waals surface area contributed by atoms with E-state index in [1.165, 1.54) is 24.9 Å². The first-order valence-electron chi connectivity index (χ1n) is 6.36. The Kier molecular flexibility index (Phi) is 3.33. The molecule has 1 atom stereocenters. The van der Waals surface area contributed by atoms with E-state index in [9.17, 15) is 4.79 Å². The van der Waals surface area contributed by atoms with E-state index >= 15 is 0 Å². The van der Waals surface area contributed by atoms with Crippen LogP contribution in [0.15, 0.2) is 23.3 Å². The molecule has 1 aromatic heterocycles. The van der Waals surface area contributed by atoms with Gasteiger partial charge in [-0.2, -0.15) is 11.8 Å². The topological polar surface area (TPSA) is 83.8 Å². The van der Waals surface area contributed by atoms with E-state index in [-0.39, 0.29) is 5.56 Å². The second kappa shape index (κ2) is 5.13. The van der Waals surface area contributed by atoms with Gasteiger partial charge in [-0.3, -0.25) is 4.79 Å². The molecule has 0 amide bonds. The van der Waals surface area contributed by atoms with Gasteiger partial charge in [-0.05, 0) is 30.7 Å². The Bertz CT molecular complexity index is 649. The van der Waals surface area contributed by atoms with E-state index in [4.69, 9.17) is 5.73 Å². The van der Waals surface area contributed by atoms with E-state index in [1.807, 2.05) is 17.8 Å². The predicted octanol–water partition coefficient (Wildman–Crippen LogP) is 1.81. The Balaban J connectivity index is 1.86. The van der Waals surface area contributed by atoms with Crippen molar-refractivity contribution in [3.63, 3.8) is 0 Å². The molecule has 0 aliphatic carbocycles. The molecule has 1 saturated heterocycles. The van der Waals surface area contributed by atoms with Crippen molar-refractivity contribution in [1.82, 2.24) is 9.97 Å². The Labute approximate surface area is 115 Å². The van der Waals surface area contributed by atoms with Crippen LogP contribution in [-0.2, 0) is 0 Å². The first-order valence-corrected chi connectivity index (χ1v) is 7.41. The van der Waals surface area contributed by atoms with Crippen LogP contribution in [0.25, 0.3) is 10.9 Å². The highest BCUT2D eigenvalue weighted by Crippen LogP contribution is 2.28. The Hall–Kier alpha value is -1.69. The number of nitrogen functional groups attached to an aromatic ring is 1. The molecule has 100 valence electrons. The van der Waals surface area contributed by atoms with Crippen LogP contribution in [0, 0.1) is 0 Å². The van der Waals surface area contributed by atoms with E-state index in [2.05, 4.69) is 15.3 Å². The van der Waals surface area contributed by atoms with Crippen LogP contribution < -0.4 is 16.6 Å². The highest BCUT2D eigenvalue weighted by atomic mass is 32.2. The van der Waals surface area contributed by atoms with Gasteiger partial charge in [0.1, 0.15) is 0 Å². The number of benzene rings is 1. The van der Waals surface area contributed by atoms with Gasteiger partial charge in [0, 0.05) is 11.8 Å². The highest BCUT2D eigenvalue weighted by molar-refractivity contribution is 8.00. The summed E-state index contributed by atoms with van der Waals surface area (Å²) in [5.74, 6) is 1.25. The molecule has 1 aromatic carbocycles. The predicted molar refractivity (Wildman–Crippen MR) is 80.7 cm³/mol. The zero-order valence-corrected chi connectivity index (χ0v) is 11.3. The summed E-state index contributed by atoms with van der Waals surface area (Å²) in [4.78, 5) is 18.4. The van der Waals surface area contributed by atoms with Gasteiger partial charge in [0.2, 0.25) is 0 Å². The largest absolute Gasteiger partial charge is 0.397 e. The van der Waals surface area contributed by atoms with Crippen LogP contribution in [0.5, 0.6) is 0 Å². The normalized spacial score (nSPS) is 18.8. The van der Waals surface area contributed by atoms with Gasteiger partial charge in [-0.1, -0.05) is 0 Å². The molecule has 2 aromatic rings. The van der Waals surface area contributed by atoms with E-state index in [0.717, 1.165) is 12.2 Å². The van der Waals surface area contributed by atoms with Crippen molar-refractivity contribution >= 4 is 34.0 Å². The van der Waals surface area contributed by atoms with Crippen LogP contribution in [0.2, 0.25) is 0 Å². The number of rotatable bonds is 3. The molecular formula is C13H16N4OS. The third-order valence-corrected chi connectivity index (χ3v) is 4.75. The molecule has 1 aliphatic heterocycles. The van der Waals surface area contributed by atoms with Crippen LogP contribution in [0.1, 0.15) is 12.8 Å². The van der Waals surface area contributed by atoms with Crippen molar-refractivity contribution in [2.24, 2.45) is 0 Å². The maximum absolute atomic E-state index is 11.6. The van der Waals surface area contributed by atoms with Crippen LogP contribution in [0.4, 0.5) is 11.4 Å². The smallest absolute Gasteiger partial charge is 0.258 e. The summed E-state index contributed by atoms with van der Waals surface area (Å²) >= 11 is 2.00. The molecule has 1 aliphatic rings. The second-order valence-corrected chi connectivity index (χ2v) is 6.11. The molecule has 0 spiro atoms. The fourth-order valence-electron chi connectivity index (χ4n) is 2.31. The monoisotopic (exact) mass is 276 g/mol. The van der Waals surface area contributed by atoms with Crippen molar-refractivity contribution in [1.29, 1.82) is 0 Å². The third kappa shape index (κ3) is 2.53. The van der Waals surface area contributed by atoms with Gasteiger partial charge < -0.3 is 16.0 Å². The molecule has 3 rings (SSSR count). The zero-order valence-electron chi connectivity index (χ0n) is 10.5. The number of aromatic nitrogens is 2. The van der Waals surface area contributed by atoms with Gasteiger partial charge in [0.25, 0.3) is 5.56 Å². The minimum Gasteiger partial charge on any atom is -0.397 e. The van der Waals surface area contributed by atoms with Crippen LogP contribution in [-0.4, -0.2) is 27.5 Å². The molecule has 5 nitrogen and oxygen atoms in total. The summed E-state index contributed by atoms with van der Waals surface area (Å²) in [7, 11) is 0. The molecule has 0 saturated carbocycles. The van der Waals surface area contributed by atoms with E-state index < -0.39 is 0 Å².